The molecule has 0 saturated carbocycles. The molecular formula is C24H27N5OS. The molecule has 1 fully saturated rings. The van der Waals surface area contributed by atoms with Gasteiger partial charge in [-0.25, -0.2) is 0 Å². The van der Waals surface area contributed by atoms with Crippen LogP contribution in [0.5, 0.6) is 0 Å². The highest BCUT2D eigenvalue weighted by Gasteiger charge is 2.40. The molecule has 160 valence electrons. The van der Waals surface area contributed by atoms with Crippen LogP contribution in [0.4, 0.5) is 5.69 Å². The Hall–Kier alpha value is -3.19. The first-order valence-corrected chi connectivity index (χ1v) is 11.0. The normalized spacial score (nSPS) is 18.1. The van der Waals surface area contributed by atoms with Gasteiger partial charge in [-0.2, -0.15) is 0 Å². The fourth-order valence-electron chi connectivity index (χ4n) is 4.09. The molecule has 2 atom stereocenters. The number of rotatable bonds is 7. The third kappa shape index (κ3) is 4.61. The molecule has 2 aromatic heterocycles. The number of aromatic nitrogens is 2. The van der Waals surface area contributed by atoms with Crippen LogP contribution in [0.15, 0.2) is 67.1 Å². The van der Waals surface area contributed by atoms with Gasteiger partial charge in [-0.15, -0.1) is 0 Å². The van der Waals surface area contributed by atoms with Crippen molar-refractivity contribution in [2.45, 2.75) is 31.8 Å². The number of hydrogen-bond donors (Lipinski definition) is 2. The minimum atomic E-state index is -0.0695. The Bertz CT molecular complexity index is 1060. The lowest BCUT2D eigenvalue weighted by Gasteiger charge is -2.27. The van der Waals surface area contributed by atoms with E-state index in [1.807, 2.05) is 60.3 Å². The SMILES string of the molecule is CCc1ccccc1NC(=O)CCN1C(=S)N[C@H](c2ccccn2)[C@@H]1c1ccn(C)c1. The Balaban J connectivity index is 1.52. The second-order valence-corrected chi connectivity index (χ2v) is 8.13. The number of pyridine rings is 1. The first-order chi connectivity index (χ1) is 15.1. The van der Waals surface area contributed by atoms with Crippen LogP contribution in [0.3, 0.4) is 0 Å². The summed E-state index contributed by atoms with van der Waals surface area (Å²) in [6, 6.07) is 15.8. The number of hydrogen-bond acceptors (Lipinski definition) is 3. The quantitative estimate of drug-likeness (QED) is 0.552. The molecule has 1 aromatic carbocycles. The maximum atomic E-state index is 12.7. The zero-order valence-corrected chi connectivity index (χ0v) is 18.6. The Kier molecular flexibility index (Phi) is 6.32. The first-order valence-electron chi connectivity index (χ1n) is 10.5. The predicted octanol–water partition coefficient (Wildman–Crippen LogP) is 3.98. The molecule has 3 heterocycles. The van der Waals surface area contributed by atoms with Gasteiger partial charge in [0.1, 0.15) is 0 Å². The monoisotopic (exact) mass is 433 g/mol. The highest BCUT2D eigenvalue weighted by atomic mass is 32.1. The van der Waals surface area contributed by atoms with E-state index in [0.717, 1.165) is 28.9 Å². The summed E-state index contributed by atoms with van der Waals surface area (Å²) in [6.07, 6.45) is 7.14. The lowest BCUT2D eigenvalue weighted by molar-refractivity contribution is -0.116. The Labute approximate surface area is 188 Å². The second-order valence-electron chi connectivity index (χ2n) is 7.74. The van der Waals surface area contributed by atoms with Crippen LogP contribution in [0.25, 0.3) is 0 Å². The molecule has 1 aliphatic heterocycles. The number of para-hydroxylation sites is 1. The van der Waals surface area contributed by atoms with Crippen molar-refractivity contribution in [3.63, 3.8) is 0 Å². The number of aryl methyl sites for hydroxylation is 2. The summed E-state index contributed by atoms with van der Waals surface area (Å²) in [5, 5.41) is 7.12. The van der Waals surface area contributed by atoms with Gasteiger partial charge in [0.25, 0.3) is 0 Å². The molecule has 2 N–H and O–H groups in total. The van der Waals surface area contributed by atoms with E-state index in [2.05, 4.69) is 39.7 Å². The van der Waals surface area contributed by atoms with E-state index in [9.17, 15) is 4.79 Å². The van der Waals surface area contributed by atoms with Crippen LogP contribution >= 0.6 is 12.2 Å². The third-order valence-corrected chi connectivity index (χ3v) is 6.00. The van der Waals surface area contributed by atoms with Crippen molar-refractivity contribution in [3.8, 4) is 0 Å². The number of anilines is 1. The summed E-state index contributed by atoms with van der Waals surface area (Å²) in [7, 11) is 2.00. The summed E-state index contributed by atoms with van der Waals surface area (Å²) in [5.41, 5.74) is 4.08. The summed E-state index contributed by atoms with van der Waals surface area (Å²) < 4.78 is 2.03. The maximum absolute atomic E-state index is 12.7. The zero-order chi connectivity index (χ0) is 21.8. The number of benzene rings is 1. The van der Waals surface area contributed by atoms with Crippen LogP contribution in [-0.2, 0) is 18.3 Å². The first kappa shape index (κ1) is 21.1. The molecule has 3 aromatic rings. The molecule has 0 bridgehead atoms. The van der Waals surface area contributed by atoms with Gasteiger partial charge in [-0.05, 0) is 54.0 Å². The lowest BCUT2D eigenvalue weighted by atomic mass is 9.99. The molecule has 0 unspecified atom stereocenters. The second kappa shape index (κ2) is 9.31. The van der Waals surface area contributed by atoms with Crippen LogP contribution in [0.1, 0.15) is 42.2 Å². The smallest absolute Gasteiger partial charge is 0.226 e. The van der Waals surface area contributed by atoms with Crippen molar-refractivity contribution in [2.24, 2.45) is 7.05 Å². The van der Waals surface area contributed by atoms with Crippen molar-refractivity contribution in [2.75, 3.05) is 11.9 Å². The van der Waals surface area contributed by atoms with Gasteiger partial charge in [-0.1, -0.05) is 31.2 Å². The topological polar surface area (TPSA) is 62.2 Å². The van der Waals surface area contributed by atoms with Crippen molar-refractivity contribution in [1.29, 1.82) is 0 Å². The van der Waals surface area contributed by atoms with Gasteiger partial charge < -0.3 is 20.1 Å². The van der Waals surface area contributed by atoms with Crippen LogP contribution in [0.2, 0.25) is 0 Å². The molecule has 1 aliphatic rings. The number of carbonyl (C=O) groups is 1. The molecule has 0 spiro atoms. The standard InChI is InChI=1S/C24H27N5OS/c1-3-17-8-4-5-9-19(17)26-21(30)12-15-29-23(18-11-14-28(2)16-18)22(27-24(29)31)20-10-6-7-13-25-20/h4-11,13-14,16,22-23H,3,12,15H2,1-2H3,(H,26,30)(H,27,31)/t22-,23+/m1/s1. The molecule has 0 aliphatic carbocycles. The highest BCUT2D eigenvalue weighted by Crippen LogP contribution is 2.38. The van der Waals surface area contributed by atoms with Crippen LogP contribution in [0, 0.1) is 0 Å². The van der Waals surface area contributed by atoms with Crippen LogP contribution in [-0.4, -0.2) is 32.0 Å². The molecule has 6 nitrogen and oxygen atoms in total. The van der Waals surface area contributed by atoms with Crippen LogP contribution < -0.4 is 10.6 Å². The molecule has 7 heteroatoms. The number of carbonyl (C=O) groups excluding carboxylic acids is 1. The van der Waals surface area contributed by atoms with Crippen molar-refractivity contribution in [1.82, 2.24) is 19.8 Å². The van der Waals surface area contributed by atoms with E-state index in [0.29, 0.717) is 18.1 Å². The van der Waals surface area contributed by atoms with Gasteiger partial charge >= 0.3 is 0 Å². The average Bonchev–Trinajstić information content (AvgIpc) is 3.35. The fourth-order valence-corrected chi connectivity index (χ4v) is 4.43. The number of nitrogens with zero attached hydrogens (tertiary/aromatic N) is 3. The number of amides is 1. The molecule has 0 radical (unpaired) electrons. The lowest BCUT2D eigenvalue weighted by Crippen LogP contribution is -2.32. The van der Waals surface area contributed by atoms with E-state index < -0.39 is 0 Å². The highest BCUT2D eigenvalue weighted by molar-refractivity contribution is 7.80. The van der Waals surface area contributed by atoms with Gasteiger partial charge in [0.15, 0.2) is 5.11 Å². The van der Waals surface area contributed by atoms with E-state index >= 15 is 0 Å². The molecule has 31 heavy (non-hydrogen) atoms. The summed E-state index contributed by atoms with van der Waals surface area (Å²) in [5.74, 6) is -0.0169. The van der Waals surface area contributed by atoms with Gasteiger partial charge in [0.05, 0.1) is 17.8 Å². The van der Waals surface area contributed by atoms with Crippen molar-refractivity contribution >= 4 is 28.9 Å². The molecular weight excluding hydrogens is 406 g/mol. The molecule has 4 rings (SSSR count). The van der Waals surface area contributed by atoms with Crippen molar-refractivity contribution < 1.29 is 4.79 Å². The van der Waals surface area contributed by atoms with Gasteiger partial charge in [0, 0.05) is 44.3 Å². The van der Waals surface area contributed by atoms with E-state index in [-0.39, 0.29) is 18.0 Å². The largest absolute Gasteiger partial charge is 0.357 e. The van der Waals surface area contributed by atoms with Gasteiger partial charge in [0.2, 0.25) is 5.91 Å². The summed E-state index contributed by atoms with van der Waals surface area (Å²) in [4.78, 5) is 19.4. The van der Waals surface area contributed by atoms with E-state index in [1.165, 1.54) is 0 Å². The zero-order valence-electron chi connectivity index (χ0n) is 17.8. The number of nitrogens with one attached hydrogen (secondary N) is 2. The fraction of sp³-hybridized carbons (Fsp3) is 0.292. The third-order valence-electron chi connectivity index (χ3n) is 5.65. The molecule has 1 amide bonds. The van der Waals surface area contributed by atoms with E-state index in [1.54, 1.807) is 6.20 Å². The van der Waals surface area contributed by atoms with Crippen molar-refractivity contribution in [3.05, 3.63) is 83.9 Å². The predicted molar refractivity (Wildman–Crippen MR) is 127 cm³/mol. The molecule has 1 saturated heterocycles. The minimum absolute atomic E-state index is 0.0169. The minimum Gasteiger partial charge on any atom is -0.357 e. The maximum Gasteiger partial charge on any atom is 0.226 e. The Morgan fingerprint density at radius 1 is 1.19 bits per heavy atom. The Morgan fingerprint density at radius 2 is 2.00 bits per heavy atom. The van der Waals surface area contributed by atoms with Gasteiger partial charge in [-0.3, -0.25) is 9.78 Å². The Morgan fingerprint density at radius 3 is 2.71 bits per heavy atom. The summed E-state index contributed by atoms with van der Waals surface area (Å²) in [6.45, 7) is 2.61. The average molecular weight is 434 g/mol. The van der Waals surface area contributed by atoms with E-state index in [4.69, 9.17) is 12.2 Å². The number of thiocarbonyl (C=S) groups is 1. The summed E-state index contributed by atoms with van der Waals surface area (Å²) >= 11 is 5.67.